The van der Waals surface area contributed by atoms with Crippen LogP contribution in [-0.2, 0) is 18.3 Å². The van der Waals surface area contributed by atoms with Gasteiger partial charge in [-0.15, -0.1) is 0 Å². The molecule has 9 nitrogen and oxygen atoms in total. The summed E-state index contributed by atoms with van der Waals surface area (Å²) >= 11 is 0. The van der Waals surface area contributed by atoms with E-state index in [1.807, 2.05) is 35.6 Å². The monoisotopic (exact) mass is 440 g/mol. The second kappa shape index (κ2) is 7.61. The summed E-state index contributed by atoms with van der Waals surface area (Å²) in [6.45, 7) is 3.48. The van der Waals surface area contributed by atoms with Gasteiger partial charge in [0, 0.05) is 44.3 Å². The molecule has 0 bridgehead atoms. The highest BCUT2D eigenvalue weighted by Gasteiger charge is 2.35. The van der Waals surface area contributed by atoms with E-state index in [2.05, 4.69) is 37.0 Å². The second-order valence-corrected chi connectivity index (χ2v) is 8.67. The van der Waals surface area contributed by atoms with Crippen molar-refractivity contribution in [1.29, 1.82) is 0 Å². The molecule has 0 N–H and O–H groups in total. The molecule has 0 spiro atoms. The van der Waals surface area contributed by atoms with Crippen LogP contribution in [0.25, 0.3) is 22.6 Å². The number of carbonyl (C=O) groups excluding carboxylic acids is 1. The lowest BCUT2D eigenvalue weighted by molar-refractivity contribution is -0.117. The first-order valence-electron chi connectivity index (χ1n) is 11.2. The number of benzene rings is 1. The van der Waals surface area contributed by atoms with Crippen molar-refractivity contribution in [2.45, 2.75) is 32.2 Å². The molecule has 1 saturated heterocycles. The normalized spacial score (nSPS) is 16.6. The second-order valence-electron chi connectivity index (χ2n) is 8.67. The molecule has 2 aliphatic rings. The highest BCUT2D eigenvalue weighted by atomic mass is 16.2. The third kappa shape index (κ3) is 3.23. The van der Waals surface area contributed by atoms with E-state index in [1.165, 1.54) is 0 Å². The zero-order valence-corrected chi connectivity index (χ0v) is 18.6. The lowest BCUT2D eigenvalue weighted by Crippen LogP contribution is -2.46. The average Bonchev–Trinajstić information content (AvgIpc) is 3.36. The van der Waals surface area contributed by atoms with Crippen molar-refractivity contribution < 1.29 is 4.79 Å². The van der Waals surface area contributed by atoms with Crippen LogP contribution in [-0.4, -0.2) is 54.5 Å². The number of carbonyl (C=O) groups is 1. The largest absolute Gasteiger partial charge is 0.355 e. The molecule has 166 valence electrons. The molecule has 0 unspecified atom stereocenters. The van der Waals surface area contributed by atoms with Gasteiger partial charge in [-0.05, 0) is 31.4 Å². The number of piperidine rings is 1. The van der Waals surface area contributed by atoms with Crippen molar-refractivity contribution in [3.63, 3.8) is 0 Å². The molecule has 2 aliphatic heterocycles. The topological polar surface area (TPSA) is 92.9 Å². The zero-order chi connectivity index (χ0) is 22.5. The molecule has 0 saturated carbocycles. The quantitative estimate of drug-likeness (QED) is 0.484. The Morgan fingerprint density at radius 1 is 1.00 bits per heavy atom. The van der Waals surface area contributed by atoms with Crippen molar-refractivity contribution in [2.75, 3.05) is 22.9 Å². The Morgan fingerprint density at radius 2 is 1.76 bits per heavy atom. The van der Waals surface area contributed by atoms with Gasteiger partial charge in [0.1, 0.15) is 18.0 Å². The van der Waals surface area contributed by atoms with E-state index < -0.39 is 0 Å². The van der Waals surface area contributed by atoms with Crippen LogP contribution in [0.1, 0.15) is 24.2 Å². The van der Waals surface area contributed by atoms with Crippen molar-refractivity contribution in [1.82, 2.24) is 29.5 Å². The number of hydrogen-bond donors (Lipinski definition) is 0. The summed E-state index contributed by atoms with van der Waals surface area (Å²) in [5.74, 6) is 2.52. The maximum absolute atomic E-state index is 12.7. The summed E-state index contributed by atoms with van der Waals surface area (Å²) in [5, 5.41) is 0. The van der Waals surface area contributed by atoms with Gasteiger partial charge in [-0.1, -0.05) is 18.2 Å². The maximum Gasteiger partial charge on any atom is 0.231 e. The number of rotatable bonds is 3. The number of para-hydroxylation sites is 1. The molecule has 1 aromatic carbocycles. The number of anilines is 2. The Kier molecular flexibility index (Phi) is 4.56. The van der Waals surface area contributed by atoms with Crippen LogP contribution in [0.2, 0.25) is 0 Å². The number of hydrogen-bond acceptors (Lipinski definition) is 7. The van der Waals surface area contributed by atoms with Gasteiger partial charge in [0.25, 0.3) is 0 Å². The lowest BCUT2D eigenvalue weighted by Gasteiger charge is -2.37. The highest BCUT2D eigenvalue weighted by molar-refractivity contribution is 6.02. The SMILES string of the molecule is Cc1ncc(-c2nc3c(N4CCC(N5C(=O)Cc6ccccc65)CC4)ncnc3n2C)cn1. The number of amides is 1. The molecule has 4 aromatic rings. The fourth-order valence-electron chi connectivity index (χ4n) is 5.00. The van der Waals surface area contributed by atoms with Crippen LogP contribution in [0.5, 0.6) is 0 Å². The fraction of sp³-hybridized carbons (Fsp3) is 0.333. The van der Waals surface area contributed by atoms with E-state index in [0.717, 1.165) is 71.4 Å². The van der Waals surface area contributed by atoms with E-state index in [-0.39, 0.29) is 11.9 Å². The first kappa shape index (κ1) is 19.8. The Morgan fingerprint density at radius 3 is 2.55 bits per heavy atom. The standard InChI is InChI=1S/C24H24N8O/c1-15-25-12-17(13-26-15)22-29-21-23(30(22)2)27-14-28-24(21)31-9-7-18(8-10-31)32-19-6-4-3-5-16(19)11-20(32)33/h3-6,12-14,18H,7-11H2,1-2H3. The van der Waals surface area contributed by atoms with Crippen LogP contribution in [0.15, 0.2) is 43.0 Å². The zero-order valence-electron chi connectivity index (χ0n) is 18.6. The van der Waals surface area contributed by atoms with Crippen LogP contribution in [0.4, 0.5) is 11.5 Å². The van der Waals surface area contributed by atoms with Gasteiger partial charge in [0.15, 0.2) is 17.0 Å². The lowest BCUT2D eigenvalue weighted by atomic mass is 10.0. The third-order valence-electron chi connectivity index (χ3n) is 6.67. The molecular weight excluding hydrogens is 416 g/mol. The van der Waals surface area contributed by atoms with Gasteiger partial charge in [-0.25, -0.2) is 24.9 Å². The van der Waals surface area contributed by atoms with E-state index >= 15 is 0 Å². The molecule has 33 heavy (non-hydrogen) atoms. The number of imidazole rings is 1. The first-order chi connectivity index (χ1) is 16.1. The Balaban J connectivity index is 1.27. The minimum absolute atomic E-state index is 0.203. The Bertz CT molecular complexity index is 1350. The summed E-state index contributed by atoms with van der Waals surface area (Å²) in [6.07, 6.45) is 7.44. The van der Waals surface area contributed by atoms with Crippen molar-refractivity contribution >= 4 is 28.6 Å². The van der Waals surface area contributed by atoms with E-state index in [0.29, 0.717) is 6.42 Å². The summed E-state index contributed by atoms with van der Waals surface area (Å²) in [4.78, 5) is 39.6. The average molecular weight is 441 g/mol. The maximum atomic E-state index is 12.7. The first-order valence-corrected chi connectivity index (χ1v) is 11.2. The molecule has 1 fully saturated rings. The number of aryl methyl sites for hydroxylation is 2. The molecule has 3 aromatic heterocycles. The highest BCUT2D eigenvalue weighted by Crippen LogP contribution is 2.35. The van der Waals surface area contributed by atoms with E-state index in [9.17, 15) is 4.79 Å². The number of nitrogens with zero attached hydrogens (tertiary/aromatic N) is 8. The molecule has 5 heterocycles. The molecule has 0 radical (unpaired) electrons. The van der Waals surface area contributed by atoms with Gasteiger partial charge in [0.2, 0.25) is 5.91 Å². The minimum atomic E-state index is 0.203. The minimum Gasteiger partial charge on any atom is -0.355 e. The van der Waals surface area contributed by atoms with Gasteiger partial charge < -0.3 is 14.4 Å². The fourth-order valence-corrected chi connectivity index (χ4v) is 5.00. The number of aromatic nitrogens is 6. The smallest absolute Gasteiger partial charge is 0.231 e. The Hall–Kier alpha value is -3.88. The van der Waals surface area contributed by atoms with Crippen molar-refractivity contribution in [3.05, 3.63) is 54.4 Å². The predicted octanol–water partition coefficient (Wildman–Crippen LogP) is 2.69. The summed E-state index contributed by atoms with van der Waals surface area (Å²) in [7, 11) is 1.95. The van der Waals surface area contributed by atoms with E-state index in [4.69, 9.17) is 4.98 Å². The molecule has 9 heteroatoms. The predicted molar refractivity (Wildman–Crippen MR) is 125 cm³/mol. The Labute approximate surface area is 191 Å². The molecule has 0 aliphatic carbocycles. The van der Waals surface area contributed by atoms with Gasteiger partial charge in [0.05, 0.1) is 12.0 Å². The van der Waals surface area contributed by atoms with Crippen LogP contribution >= 0.6 is 0 Å². The van der Waals surface area contributed by atoms with Crippen LogP contribution < -0.4 is 9.80 Å². The molecule has 1 amide bonds. The third-order valence-corrected chi connectivity index (χ3v) is 6.67. The van der Waals surface area contributed by atoms with Gasteiger partial charge in [-0.2, -0.15) is 0 Å². The molecule has 0 atom stereocenters. The number of fused-ring (bicyclic) bond motifs is 2. The van der Waals surface area contributed by atoms with Crippen molar-refractivity contribution in [3.8, 4) is 11.4 Å². The molecular formula is C24H24N8O. The summed E-state index contributed by atoms with van der Waals surface area (Å²) < 4.78 is 1.96. The van der Waals surface area contributed by atoms with Gasteiger partial charge >= 0.3 is 0 Å². The van der Waals surface area contributed by atoms with Crippen LogP contribution in [0.3, 0.4) is 0 Å². The van der Waals surface area contributed by atoms with Crippen molar-refractivity contribution in [2.24, 2.45) is 7.05 Å². The molecule has 6 rings (SSSR count). The summed E-state index contributed by atoms with van der Waals surface area (Å²) in [5.41, 5.74) is 4.60. The van der Waals surface area contributed by atoms with E-state index in [1.54, 1.807) is 18.7 Å². The van der Waals surface area contributed by atoms with Crippen LogP contribution in [0, 0.1) is 6.92 Å². The summed E-state index contributed by atoms with van der Waals surface area (Å²) in [6, 6.07) is 8.33. The van der Waals surface area contributed by atoms with Gasteiger partial charge in [-0.3, -0.25) is 4.79 Å².